The maximum absolute atomic E-state index is 13.4. The van der Waals surface area contributed by atoms with Crippen LogP contribution in [0.2, 0.25) is 5.02 Å². The molecule has 158 valence electrons. The summed E-state index contributed by atoms with van der Waals surface area (Å²) in [6.07, 6.45) is -0.897. The Balaban J connectivity index is 1.77. The third kappa shape index (κ3) is 3.67. The Morgan fingerprint density at radius 3 is 2.67 bits per heavy atom. The maximum Gasteiger partial charge on any atom is 0.421 e. The summed E-state index contributed by atoms with van der Waals surface area (Å²) in [6, 6.07) is 5.47. The summed E-state index contributed by atoms with van der Waals surface area (Å²) in [7, 11) is 0. The lowest BCUT2D eigenvalue weighted by molar-refractivity contribution is -0.138. The standard InChI is InChI=1S/C22H19ClF3NO3/c1-2-11-5-6-15(30-21-17(22(24,25)26)8-14(23)10-27-21)9-16(11)18-19(28)12-3-4-13(7-12)20(18)29/h5-6,8-10,12-13,28H,2-4,7H2,1H3/t12-,13+/m0/s1. The SMILES string of the molecule is CCc1ccc(Oc2ncc(Cl)cc2C(F)(F)F)cc1C1=C(O)[C@H]2CC[C@H](C2)C1=O. The van der Waals surface area contributed by atoms with Gasteiger partial charge in [-0.25, -0.2) is 4.98 Å². The number of ether oxygens (including phenoxy) is 1. The van der Waals surface area contributed by atoms with E-state index in [0.29, 0.717) is 18.4 Å². The number of carbonyl (C=O) groups is 1. The fourth-order valence-corrected chi connectivity index (χ4v) is 4.41. The van der Waals surface area contributed by atoms with Crippen molar-refractivity contribution in [3.8, 4) is 11.6 Å². The van der Waals surface area contributed by atoms with Gasteiger partial charge in [-0.15, -0.1) is 0 Å². The molecular formula is C22H19ClF3NO3. The van der Waals surface area contributed by atoms with E-state index >= 15 is 0 Å². The van der Waals surface area contributed by atoms with Gasteiger partial charge in [-0.05, 0) is 55.0 Å². The molecule has 4 nitrogen and oxygen atoms in total. The van der Waals surface area contributed by atoms with Gasteiger partial charge < -0.3 is 9.84 Å². The Labute approximate surface area is 176 Å². The second-order valence-corrected chi connectivity index (χ2v) is 8.05. The number of allylic oxidation sites excluding steroid dienone is 2. The summed E-state index contributed by atoms with van der Waals surface area (Å²) in [4.78, 5) is 16.6. The lowest BCUT2D eigenvalue weighted by atomic mass is 9.81. The molecule has 30 heavy (non-hydrogen) atoms. The Morgan fingerprint density at radius 1 is 1.23 bits per heavy atom. The van der Waals surface area contributed by atoms with E-state index in [1.165, 1.54) is 12.1 Å². The molecule has 8 heteroatoms. The van der Waals surface area contributed by atoms with E-state index in [4.69, 9.17) is 16.3 Å². The highest BCUT2D eigenvalue weighted by Crippen LogP contribution is 2.46. The number of pyridine rings is 1. The van der Waals surface area contributed by atoms with Crippen LogP contribution in [-0.2, 0) is 17.4 Å². The number of carbonyl (C=O) groups excluding carboxylic acids is 1. The van der Waals surface area contributed by atoms with E-state index in [2.05, 4.69) is 4.98 Å². The molecule has 2 aliphatic carbocycles. The van der Waals surface area contributed by atoms with Crippen molar-refractivity contribution >= 4 is 23.0 Å². The molecule has 4 rings (SSSR count). The summed E-state index contributed by atoms with van der Waals surface area (Å²) in [6.45, 7) is 1.90. The van der Waals surface area contributed by atoms with Gasteiger partial charge in [-0.1, -0.05) is 24.6 Å². The number of aryl methyl sites for hydroxylation is 1. The number of aliphatic hydroxyl groups is 1. The number of fused-ring (bicyclic) bond motifs is 2. The second kappa shape index (κ2) is 7.61. The molecule has 2 aliphatic rings. The van der Waals surface area contributed by atoms with Gasteiger partial charge in [0.15, 0.2) is 5.78 Å². The molecule has 2 aromatic rings. The topological polar surface area (TPSA) is 59.4 Å². The molecule has 1 aromatic carbocycles. The van der Waals surface area contributed by atoms with Crippen LogP contribution in [-0.4, -0.2) is 15.9 Å². The first-order valence-electron chi connectivity index (χ1n) is 9.70. The molecule has 1 saturated carbocycles. The first-order valence-corrected chi connectivity index (χ1v) is 10.1. The average Bonchev–Trinajstić information content (AvgIpc) is 3.15. The highest BCUT2D eigenvalue weighted by molar-refractivity contribution is 6.30. The van der Waals surface area contributed by atoms with Crippen molar-refractivity contribution < 1.29 is 27.8 Å². The Kier molecular flexibility index (Phi) is 5.26. The second-order valence-electron chi connectivity index (χ2n) is 7.61. The normalized spacial score (nSPS) is 21.3. The quantitative estimate of drug-likeness (QED) is 0.603. The van der Waals surface area contributed by atoms with Crippen molar-refractivity contribution in [1.82, 2.24) is 4.98 Å². The number of rotatable bonds is 4. The van der Waals surface area contributed by atoms with Crippen LogP contribution in [0.3, 0.4) is 0 Å². The van der Waals surface area contributed by atoms with Crippen molar-refractivity contribution in [2.75, 3.05) is 0 Å². The van der Waals surface area contributed by atoms with Crippen LogP contribution in [0, 0.1) is 11.8 Å². The summed E-state index contributed by atoms with van der Waals surface area (Å²) in [5, 5.41) is 10.5. The van der Waals surface area contributed by atoms with E-state index in [9.17, 15) is 23.1 Å². The fraction of sp³-hybridized carbons (Fsp3) is 0.364. The van der Waals surface area contributed by atoms with Crippen LogP contribution < -0.4 is 4.74 Å². The summed E-state index contributed by atoms with van der Waals surface area (Å²) >= 11 is 5.67. The van der Waals surface area contributed by atoms with Gasteiger partial charge >= 0.3 is 6.18 Å². The minimum absolute atomic E-state index is 0.0493. The van der Waals surface area contributed by atoms with Gasteiger partial charge in [0.25, 0.3) is 0 Å². The number of nitrogens with zero attached hydrogens (tertiary/aromatic N) is 1. The third-order valence-electron chi connectivity index (χ3n) is 5.76. The molecule has 0 unspecified atom stereocenters. The van der Waals surface area contributed by atoms with E-state index in [-0.39, 0.29) is 39.7 Å². The zero-order chi connectivity index (χ0) is 21.6. The van der Waals surface area contributed by atoms with Crippen molar-refractivity contribution in [1.29, 1.82) is 0 Å². The monoisotopic (exact) mass is 437 g/mol. The lowest BCUT2D eigenvalue weighted by Crippen LogP contribution is -2.22. The number of Topliss-reactive ketones (excluding diaryl/α,β-unsaturated/α-hetero) is 1. The Bertz CT molecular complexity index is 1050. The Morgan fingerprint density at radius 2 is 1.97 bits per heavy atom. The van der Waals surface area contributed by atoms with Gasteiger partial charge in [0, 0.05) is 18.0 Å². The van der Waals surface area contributed by atoms with Crippen LogP contribution in [0.1, 0.15) is 42.9 Å². The molecule has 1 fully saturated rings. The third-order valence-corrected chi connectivity index (χ3v) is 5.97. The van der Waals surface area contributed by atoms with Crippen LogP contribution in [0.4, 0.5) is 13.2 Å². The highest BCUT2D eigenvalue weighted by atomic mass is 35.5. The van der Waals surface area contributed by atoms with Crippen LogP contribution >= 0.6 is 11.6 Å². The van der Waals surface area contributed by atoms with Crippen molar-refractivity contribution in [2.24, 2.45) is 11.8 Å². The molecule has 1 heterocycles. The molecular weight excluding hydrogens is 419 g/mol. The first-order chi connectivity index (χ1) is 14.2. The van der Waals surface area contributed by atoms with E-state index < -0.39 is 17.6 Å². The van der Waals surface area contributed by atoms with Gasteiger partial charge in [0.1, 0.15) is 17.1 Å². The zero-order valence-corrected chi connectivity index (χ0v) is 16.8. The van der Waals surface area contributed by atoms with Crippen LogP contribution in [0.25, 0.3) is 5.57 Å². The number of alkyl halides is 3. The average molecular weight is 438 g/mol. The first kappa shape index (κ1) is 20.7. The van der Waals surface area contributed by atoms with Gasteiger partial charge in [-0.3, -0.25) is 4.79 Å². The van der Waals surface area contributed by atoms with Crippen LogP contribution in [0.15, 0.2) is 36.2 Å². The van der Waals surface area contributed by atoms with Crippen LogP contribution in [0.5, 0.6) is 11.6 Å². The van der Waals surface area contributed by atoms with Crippen molar-refractivity contribution in [3.05, 3.63) is 57.9 Å². The van der Waals surface area contributed by atoms with E-state index in [0.717, 1.165) is 30.7 Å². The summed E-state index contributed by atoms with van der Waals surface area (Å²) in [5.74, 6) is -0.754. The summed E-state index contributed by atoms with van der Waals surface area (Å²) in [5.41, 5.74) is 0.469. The van der Waals surface area contributed by atoms with Gasteiger partial charge in [-0.2, -0.15) is 13.2 Å². The number of benzene rings is 1. The number of hydrogen-bond acceptors (Lipinski definition) is 4. The minimum atomic E-state index is -4.70. The predicted molar refractivity (Wildman–Crippen MR) is 106 cm³/mol. The number of ketones is 1. The lowest BCUT2D eigenvalue weighted by Gasteiger charge is -2.23. The maximum atomic E-state index is 13.4. The predicted octanol–water partition coefficient (Wildman–Crippen LogP) is 6.38. The van der Waals surface area contributed by atoms with Crippen molar-refractivity contribution in [3.63, 3.8) is 0 Å². The van der Waals surface area contributed by atoms with Gasteiger partial charge in [0.05, 0.1) is 10.6 Å². The van der Waals surface area contributed by atoms with Gasteiger partial charge in [0.2, 0.25) is 5.88 Å². The van der Waals surface area contributed by atoms with Crippen molar-refractivity contribution in [2.45, 2.75) is 38.8 Å². The molecule has 2 bridgehead atoms. The zero-order valence-electron chi connectivity index (χ0n) is 16.1. The molecule has 1 aromatic heterocycles. The number of aliphatic hydroxyl groups excluding tert-OH is 1. The van der Waals surface area contributed by atoms with E-state index in [1.807, 2.05) is 6.92 Å². The molecule has 0 aliphatic heterocycles. The van der Waals surface area contributed by atoms with E-state index in [1.54, 1.807) is 6.07 Å². The number of hydrogen-bond donors (Lipinski definition) is 1. The summed E-state index contributed by atoms with van der Waals surface area (Å²) < 4.78 is 45.5. The largest absolute Gasteiger partial charge is 0.511 e. The highest BCUT2D eigenvalue weighted by Gasteiger charge is 2.42. The molecule has 1 N–H and O–H groups in total. The fourth-order valence-electron chi connectivity index (χ4n) is 4.26. The molecule has 0 saturated heterocycles. The minimum Gasteiger partial charge on any atom is -0.511 e. The molecule has 0 amide bonds. The smallest absolute Gasteiger partial charge is 0.421 e. The Hall–Kier alpha value is -2.54. The molecule has 0 spiro atoms. The molecule has 2 atom stereocenters. The number of aromatic nitrogens is 1. The molecule has 0 radical (unpaired) electrons. The number of halogens is 4.